The lowest BCUT2D eigenvalue weighted by atomic mass is 9.92. The molecule has 1 atom stereocenters. The van der Waals surface area contributed by atoms with E-state index in [-0.39, 0.29) is 12.7 Å². The molecule has 0 N–H and O–H groups in total. The van der Waals surface area contributed by atoms with Crippen LogP contribution in [-0.2, 0) is 11.3 Å². The Morgan fingerprint density at radius 1 is 1.21 bits per heavy atom. The first-order chi connectivity index (χ1) is 14.2. The van der Waals surface area contributed by atoms with E-state index in [9.17, 15) is 0 Å². The second-order valence-corrected chi connectivity index (χ2v) is 7.25. The molecule has 0 amide bonds. The van der Waals surface area contributed by atoms with E-state index in [0.717, 1.165) is 17.3 Å². The molecule has 3 aromatic rings. The Morgan fingerprint density at radius 3 is 2.97 bits per heavy atom. The molecule has 6 heteroatoms. The fourth-order valence-electron chi connectivity index (χ4n) is 3.91. The van der Waals surface area contributed by atoms with Crippen molar-refractivity contribution in [1.29, 1.82) is 0 Å². The van der Waals surface area contributed by atoms with Crippen LogP contribution in [0.5, 0.6) is 17.2 Å². The topological polar surface area (TPSA) is 54.7 Å². The van der Waals surface area contributed by atoms with Crippen LogP contribution in [0.3, 0.4) is 0 Å². The van der Waals surface area contributed by atoms with Crippen molar-refractivity contribution in [2.75, 3.05) is 13.9 Å². The van der Waals surface area contributed by atoms with E-state index in [1.165, 1.54) is 16.7 Å². The highest BCUT2D eigenvalue weighted by Gasteiger charge is 2.28. The maximum absolute atomic E-state index is 6.19. The second-order valence-electron chi connectivity index (χ2n) is 7.25. The van der Waals surface area contributed by atoms with Crippen LogP contribution in [0.4, 0.5) is 0 Å². The van der Waals surface area contributed by atoms with Crippen molar-refractivity contribution in [3.05, 3.63) is 76.9 Å². The largest absolute Gasteiger partial charge is 0.493 e. The fourth-order valence-corrected chi connectivity index (χ4v) is 3.91. The predicted molar refractivity (Wildman–Crippen MR) is 108 cm³/mol. The maximum atomic E-state index is 6.19. The van der Waals surface area contributed by atoms with Gasteiger partial charge in [-0.2, -0.15) is 0 Å². The molecule has 0 bridgehead atoms. The summed E-state index contributed by atoms with van der Waals surface area (Å²) < 4.78 is 24.6. The molecule has 6 nitrogen and oxygen atoms in total. The lowest BCUT2D eigenvalue weighted by Gasteiger charge is -2.12. The first-order valence-corrected chi connectivity index (χ1v) is 9.56. The Hall–Kier alpha value is -3.41. The van der Waals surface area contributed by atoms with Gasteiger partial charge in [-0.3, -0.25) is 4.57 Å². The molecule has 0 unspecified atom stereocenters. The van der Waals surface area contributed by atoms with Gasteiger partial charge in [0, 0.05) is 12.4 Å². The summed E-state index contributed by atoms with van der Waals surface area (Å²) in [5, 5.41) is 0. The third-order valence-corrected chi connectivity index (χ3v) is 5.58. The minimum atomic E-state index is 0.0752. The summed E-state index contributed by atoms with van der Waals surface area (Å²) in [6.07, 6.45) is 5.88. The van der Waals surface area contributed by atoms with E-state index in [4.69, 9.17) is 18.9 Å². The van der Waals surface area contributed by atoms with Crippen LogP contribution in [-0.4, -0.2) is 23.5 Å². The molecule has 29 heavy (non-hydrogen) atoms. The van der Waals surface area contributed by atoms with Crippen molar-refractivity contribution in [3.8, 4) is 17.2 Å². The van der Waals surface area contributed by atoms with Crippen LogP contribution >= 0.6 is 0 Å². The molecule has 2 aromatic carbocycles. The summed E-state index contributed by atoms with van der Waals surface area (Å²) in [6, 6.07) is 10.2. The third-order valence-electron chi connectivity index (χ3n) is 5.58. The maximum Gasteiger partial charge on any atom is 0.231 e. The summed E-state index contributed by atoms with van der Waals surface area (Å²) in [5.41, 5.74) is 4.76. The van der Waals surface area contributed by atoms with Gasteiger partial charge in [0.2, 0.25) is 12.5 Å². The molecule has 0 aliphatic carbocycles. The number of rotatable bonds is 5. The zero-order valence-corrected chi connectivity index (χ0v) is 16.6. The number of ether oxygens (including phenoxy) is 4. The number of aromatic nitrogens is 2. The number of benzene rings is 2. The van der Waals surface area contributed by atoms with Gasteiger partial charge >= 0.3 is 0 Å². The normalized spacial score (nSPS) is 16.5. The van der Waals surface area contributed by atoms with Gasteiger partial charge in [0.1, 0.15) is 12.4 Å². The van der Waals surface area contributed by atoms with Gasteiger partial charge in [0.05, 0.1) is 13.0 Å². The number of imidazole rings is 1. The monoisotopic (exact) mass is 390 g/mol. The molecule has 0 saturated carbocycles. The molecule has 0 fully saturated rings. The standard InChI is InChI=1S/C23H22N2O4/c1-14-5-4-6-17(15(14)2)18-11-21(25-8-7-24-23(18)25)27-12-16-9-19(26-3)22-20(10-16)28-13-29-22/h4-11,18H,12-13H2,1-3H3/t18-/m0/s1. The Balaban J connectivity index is 1.43. The summed E-state index contributed by atoms with van der Waals surface area (Å²) in [5.74, 6) is 3.79. The zero-order valence-electron chi connectivity index (χ0n) is 16.6. The molecule has 0 spiro atoms. The number of hydrogen-bond acceptors (Lipinski definition) is 5. The Kier molecular flexibility index (Phi) is 4.19. The van der Waals surface area contributed by atoms with E-state index in [0.29, 0.717) is 23.9 Å². The van der Waals surface area contributed by atoms with Crippen LogP contribution in [0.1, 0.15) is 34.0 Å². The molecular weight excluding hydrogens is 368 g/mol. The van der Waals surface area contributed by atoms with Gasteiger partial charge in [-0.05, 0) is 54.3 Å². The molecule has 148 valence electrons. The number of nitrogens with zero attached hydrogens (tertiary/aromatic N) is 2. The number of hydrogen-bond donors (Lipinski definition) is 0. The Bertz CT molecular complexity index is 1120. The van der Waals surface area contributed by atoms with E-state index in [1.807, 2.05) is 29.1 Å². The Morgan fingerprint density at radius 2 is 2.10 bits per heavy atom. The number of aryl methyl sites for hydroxylation is 1. The van der Waals surface area contributed by atoms with E-state index in [2.05, 4.69) is 43.1 Å². The molecule has 0 saturated heterocycles. The van der Waals surface area contributed by atoms with E-state index < -0.39 is 0 Å². The Labute approximate surface area is 169 Å². The third kappa shape index (κ3) is 2.92. The summed E-state index contributed by atoms with van der Waals surface area (Å²) in [4.78, 5) is 4.58. The summed E-state index contributed by atoms with van der Waals surface area (Å²) >= 11 is 0. The smallest absolute Gasteiger partial charge is 0.231 e. The van der Waals surface area contributed by atoms with Gasteiger partial charge in [-0.1, -0.05) is 18.2 Å². The molecule has 2 aliphatic heterocycles. The van der Waals surface area contributed by atoms with Crippen molar-refractivity contribution in [2.24, 2.45) is 0 Å². The number of fused-ring (bicyclic) bond motifs is 2. The number of methoxy groups -OCH3 is 1. The van der Waals surface area contributed by atoms with Gasteiger partial charge in [0.15, 0.2) is 17.4 Å². The van der Waals surface area contributed by atoms with Crippen molar-refractivity contribution in [2.45, 2.75) is 26.4 Å². The molecule has 1 aromatic heterocycles. The van der Waals surface area contributed by atoms with Gasteiger partial charge in [0.25, 0.3) is 0 Å². The van der Waals surface area contributed by atoms with Gasteiger partial charge in [-0.25, -0.2) is 4.98 Å². The highest BCUT2D eigenvalue weighted by Crippen LogP contribution is 2.42. The zero-order chi connectivity index (χ0) is 20.0. The lowest BCUT2D eigenvalue weighted by molar-refractivity contribution is 0.171. The van der Waals surface area contributed by atoms with E-state index >= 15 is 0 Å². The fraction of sp³-hybridized carbons (Fsp3) is 0.261. The van der Waals surface area contributed by atoms with Crippen molar-refractivity contribution < 1.29 is 18.9 Å². The highest BCUT2D eigenvalue weighted by atomic mass is 16.7. The van der Waals surface area contributed by atoms with Crippen LogP contribution < -0.4 is 14.2 Å². The quantitative estimate of drug-likeness (QED) is 0.646. The van der Waals surface area contributed by atoms with Crippen LogP contribution in [0.15, 0.2) is 48.8 Å². The molecule has 0 radical (unpaired) electrons. The van der Waals surface area contributed by atoms with Crippen molar-refractivity contribution >= 4 is 5.88 Å². The molecule has 5 rings (SSSR count). The van der Waals surface area contributed by atoms with Crippen LogP contribution in [0.25, 0.3) is 5.88 Å². The number of allylic oxidation sites excluding steroid dienone is 1. The minimum absolute atomic E-state index is 0.0752. The average molecular weight is 390 g/mol. The first kappa shape index (κ1) is 17.7. The average Bonchev–Trinajstić information content (AvgIpc) is 3.45. The summed E-state index contributed by atoms with van der Waals surface area (Å²) in [6.45, 7) is 4.88. The second kappa shape index (κ2) is 6.88. The first-order valence-electron chi connectivity index (χ1n) is 9.56. The molecule has 2 aliphatic rings. The minimum Gasteiger partial charge on any atom is -0.493 e. The van der Waals surface area contributed by atoms with Crippen molar-refractivity contribution in [1.82, 2.24) is 9.55 Å². The van der Waals surface area contributed by atoms with Crippen molar-refractivity contribution in [3.63, 3.8) is 0 Å². The SMILES string of the molecule is COc1cc(COC2=C[C@@H](c3cccc(C)c3C)c3nccn32)cc2c1OCO2. The molecule has 3 heterocycles. The van der Waals surface area contributed by atoms with Crippen LogP contribution in [0, 0.1) is 13.8 Å². The molecular formula is C23H22N2O4. The van der Waals surface area contributed by atoms with E-state index in [1.54, 1.807) is 7.11 Å². The lowest BCUT2D eigenvalue weighted by Crippen LogP contribution is -2.03. The van der Waals surface area contributed by atoms with Gasteiger partial charge in [-0.15, -0.1) is 0 Å². The summed E-state index contributed by atoms with van der Waals surface area (Å²) in [7, 11) is 1.62. The highest BCUT2D eigenvalue weighted by molar-refractivity contribution is 5.56. The van der Waals surface area contributed by atoms with Crippen LogP contribution in [0.2, 0.25) is 0 Å². The van der Waals surface area contributed by atoms with Gasteiger partial charge < -0.3 is 18.9 Å². The predicted octanol–water partition coefficient (Wildman–Crippen LogP) is 4.40.